The third-order valence-electron chi connectivity index (χ3n) is 1.96. The first-order valence-corrected chi connectivity index (χ1v) is 5.02. The standard InChI is InChI=1S/C11H15ClN2/c1-4-7-14(9(2)3)11-6-5-10(12)8-13-11/h4-6,8-9H,1,7H2,2-3H3. The maximum absolute atomic E-state index is 5.77. The lowest BCUT2D eigenvalue weighted by atomic mass is 10.3. The predicted octanol–water partition coefficient (Wildman–Crippen LogP) is 3.14. The van der Waals surface area contributed by atoms with Gasteiger partial charge in [-0.1, -0.05) is 17.7 Å². The molecule has 1 rings (SSSR count). The summed E-state index contributed by atoms with van der Waals surface area (Å²) in [5, 5.41) is 0.663. The lowest BCUT2D eigenvalue weighted by Crippen LogP contribution is -2.31. The zero-order valence-corrected chi connectivity index (χ0v) is 9.33. The molecule has 76 valence electrons. The molecule has 1 aromatic rings. The van der Waals surface area contributed by atoms with E-state index in [4.69, 9.17) is 11.6 Å². The molecule has 0 saturated heterocycles. The van der Waals surface area contributed by atoms with E-state index in [1.165, 1.54) is 0 Å². The number of anilines is 1. The minimum atomic E-state index is 0.404. The third-order valence-corrected chi connectivity index (χ3v) is 2.18. The van der Waals surface area contributed by atoms with E-state index in [1.807, 2.05) is 18.2 Å². The molecule has 1 aromatic heterocycles. The van der Waals surface area contributed by atoms with Crippen LogP contribution in [0.4, 0.5) is 5.82 Å². The van der Waals surface area contributed by atoms with Gasteiger partial charge in [0.2, 0.25) is 0 Å². The van der Waals surface area contributed by atoms with Crippen molar-refractivity contribution in [2.24, 2.45) is 0 Å². The molecule has 1 heterocycles. The molecule has 3 heteroatoms. The van der Waals surface area contributed by atoms with Gasteiger partial charge in [0.25, 0.3) is 0 Å². The van der Waals surface area contributed by atoms with Crippen LogP contribution in [-0.2, 0) is 0 Å². The number of hydrogen-bond acceptors (Lipinski definition) is 2. The average Bonchev–Trinajstić information content (AvgIpc) is 2.15. The zero-order chi connectivity index (χ0) is 10.6. The van der Waals surface area contributed by atoms with E-state index < -0.39 is 0 Å². The maximum atomic E-state index is 5.77. The molecule has 0 aliphatic rings. The van der Waals surface area contributed by atoms with Crippen molar-refractivity contribution in [3.8, 4) is 0 Å². The van der Waals surface area contributed by atoms with Crippen LogP contribution in [-0.4, -0.2) is 17.6 Å². The van der Waals surface area contributed by atoms with E-state index in [1.54, 1.807) is 6.20 Å². The highest BCUT2D eigenvalue weighted by molar-refractivity contribution is 6.30. The Labute approximate surface area is 90.2 Å². The number of aromatic nitrogens is 1. The average molecular weight is 211 g/mol. The maximum Gasteiger partial charge on any atom is 0.129 e. The Bertz CT molecular complexity index is 293. The van der Waals surface area contributed by atoms with Gasteiger partial charge in [-0.25, -0.2) is 4.98 Å². The normalized spacial score (nSPS) is 10.3. The largest absolute Gasteiger partial charge is 0.350 e. The Kier molecular flexibility index (Phi) is 3.96. The molecule has 0 amide bonds. The van der Waals surface area contributed by atoms with Crippen molar-refractivity contribution in [3.63, 3.8) is 0 Å². The fraction of sp³-hybridized carbons (Fsp3) is 0.364. The van der Waals surface area contributed by atoms with Crippen molar-refractivity contribution >= 4 is 17.4 Å². The highest BCUT2D eigenvalue weighted by Gasteiger charge is 2.09. The lowest BCUT2D eigenvalue weighted by Gasteiger charge is -2.26. The van der Waals surface area contributed by atoms with Gasteiger partial charge in [0.1, 0.15) is 5.82 Å². The summed E-state index contributed by atoms with van der Waals surface area (Å²) >= 11 is 5.77. The Morgan fingerprint density at radius 3 is 2.71 bits per heavy atom. The molecule has 0 aliphatic heterocycles. The van der Waals surface area contributed by atoms with Gasteiger partial charge in [0.05, 0.1) is 5.02 Å². The van der Waals surface area contributed by atoms with E-state index in [0.29, 0.717) is 11.1 Å². The minimum Gasteiger partial charge on any atom is -0.350 e. The van der Waals surface area contributed by atoms with E-state index in [2.05, 4.69) is 30.3 Å². The van der Waals surface area contributed by atoms with E-state index >= 15 is 0 Å². The van der Waals surface area contributed by atoms with Gasteiger partial charge < -0.3 is 4.90 Å². The molecule has 0 aromatic carbocycles. The topological polar surface area (TPSA) is 16.1 Å². The summed E-state index contributed by atoms with van der Waals surface area (Å²) in [5.74, 6) is 0.935. The summed E-state index contributed by atoms with van der Waals surface area (Å²) in [6.07, 6.45) is 3.53. The van der Waals surface area contributed by atoms with E-state index in [-0.39, 0.29) is 0 Å². The molecule has 0 radical (unpaired) electrons. The van der Waals surface area contributed by atoms with Crippen LogP contribution in [0.1, 0.15) is 13.8 Å². The Morgan fingerprint density at radius 1 is 1.57 bits per heavy atom. The highest BCUT2D eigenvalue weighted by atomic mass is 35.5. The molecule has 0 bridgehead atoms. The van der Waals surface area contributed by atoms with Gasteiger partial charge in [-0.05, 0) is 26.0 Å². The summed E-state index contributed by atoms with van der Waals surface area (Å²) < 4.78 is 0. The molecule has 2 nitrogen and oxygen atoms in total. The molecular weight excluding hydrogens is 196 g/mol. The quantitative estimate of drug-likeness (QED) is 0.710. The number of nitrogens with zero attached hydrogens (tertiary/aromatic N) is 2. The van der Waals surface area contributed by atoms with Gasteiger partial charge in [-0.2, -0.15) is 0 Å². The first kappa shape index (κ1) is 11.1. The Hall–Kier alpha value is -1.02. The summed E-state index contributed by atoms with van der Waals surface area (Å²) in [5.41, 5.74) is 0. The summed E-state index contributed by atoms with van der Waals surface area (Å²) in [6, 6.07) is 4.18. The van der Waals surface area contributed by atoms with Crippen molar-refractivity contribution < 1.29 is 0 Å². The van der Waals surface area contributed by atoms with Crippen molar-refractivity contribution in [2.75, 3.05) is 11.4 Å². The van der Waals surface area contributed by atoms with Crippen molar-refractivity contribution in [2.45, 2.75) is 19.9 Å². The van der Waals surface area contributed by atoms with Crippen LogP contribution >= 0.6 is 11.6 Å². The fourth-order valence-corrected chi connectivity index (χ4v) is 1.36. The molecule has 0 N–H and O–H groups in total. The minimum absolute atomic E-state index is 0.404. The second kappa shape index (κ2) is 5.01. The summed E-state index contributed by atoms with van der Waals surface area (Å²) in [6.45, 7) is 8.78. The molecule has 14 heavy (non-hydrogen) atoms. The number of rotatable bonds is 4. The molecule has 0 spiro atoms. The van der Waals surface area contributed by atoms with Crippen molar-refractivity contribution in [1.29, 1.82) is 0 Å². The second-order valence-corrected chi connectivity index (χ2v) is 3.81. The lowest BCUT2D eigenvalue weighted by molar-refractivity contribution is 0.712. The molecule has 0 unspecified atom stereocenters. The van der Waals surface area contributed by atoms with Crippen LogP contribution in [0, 0.1) is 0 Å². The molecular formula is C11H15ClN2. The Morgan fingerprint density at radius 2 is 2.29 bits per heavy atom. The summed E-state index contributed by atoms with van der Waals surface area (Å²) in [7, 11) is 0. The van der Waals surface area contributed by atoms with Gasteiger partial charge in [0, 0.05) is 18.8 Å². The monoisotopic (exact) mass is 210 g/mol. The molecule has 0 aliphatic carbocycles. The highest BCUT2D eigenvalue weighted by Crippen LogP contribution is 2.16. The van der Waals surface area contributed by atoms with Crippen LogP contribution in [0.2, 0.25) is 5.02 Å². The van der Waals surface area contributed by atoms with E-state index in [9.17, 15) is 0 Å². The predicted molar refractivity (Wildman–Crippen MR) is 61.9 cm³/mol. The Balaban J connectivity index is 2.87. The first-order valence-electron chi connectivity index (χ1n) is 4.64. The fourth-order valence-electron chi connectivity index (χ4n) is 1.25. The van der Waals surface area contributed by atoms with Crippen LogP contribution in [0.3, 0.4) is 0 Å². The number of pyridine rings is 1. The van der Waals surface area contributed by atoms with Crippen LogP contribution in [0.25, 0.3) is 0 Å². The summed E-state index contributed by atoms with van der Waals surface area (Å²) in [4.78, 5) is 6.42. The van der Waals surface area contributed by atoms with Gasteiger partial charge in [-0.15, -0.1) is 6.58 Å². The second-order valence-electron chi connectivity index (χ2n) is 3.37. The van der Waals surface area contributed by atoms with Crippen LogP contribution < -0.4 is 4.90 Å². The molecule has 0 atom stereocenters. The van der Waals surface area contributed by atoms with Crippen LogP contribution in [0.15, 0.2) is 31.0 Å². The number of hydrogen-bond donors (Lipinski definition) is 0. The van der Waals surface area contributed by atoms with Gasteiger partial charge in [-0.3, -0.25) is 0 Å². The van der Waals surface area contributed by atoms with Gasteiger partial charge in [0.15, 0.2) is 0 Å². The zero-order valence-electron chi connectivity index (χ0n) is 8.57. The molecule has 0 fully saturated rings. The first-order chi connectivity index (χ1) is 6.65. The van der Waals surface area contributed by atoms with Crippen molar-refractivity contribution in [3.05, 3.63) is 36.0 Å². The van der Waals surface area contributed by atoms with Gasteiger partial charge >= 0.3 is 0 Å². The van der Waals surface area contributed by atoms with Crippen molar-refractivity contribution in [1.82, 2.24) is 4.98 Å². The smallest absolute Gasteiger partial charge is 0.129 e. The molecule has 0 saturated carbocycles. The number of halogens is 1. The van der Waals surface area contributed by atoms with Crippen LogP contribution in [0.5, 0.6) is 0 Å². The van der Waals surface area contributed by atoms with E-state index in [0.717, 1.165) is 12.4 Å². The third kappa shape index (κ3) is 2.74. The SMILES string of the molecule is C=CCN(c1ccc(Cl)cn1)C(C)C.